The Balaban J connectivity index is 1.60. The van der Waals surface area contributed by atoms with Gasteiger partial charge in [0.05, 0.1) is 13.3 Å². The first kappa shape index (κ1) is 14.6. The van der Waals surface area contributed by atoms with Gasteiger partial charge < -0.3 is 10.1 Å². The fraction of sp³-hybridized carbons (Fsp3) is 0.375. The van der Waals surface area contributed by atoms with E-state index in [9.17, 15) is 9.18 Å². The number of benzene rings is 1. The third kappa shape index (κ3) is 2.56. The van der Waals surface area contributed by atoms with Crippen LogP contribution in [-0.4, -0.2) is 28.8 Å². The van der Waals surface area contributed by atoms with Gasteiger partial charge in [0, 0.05) is 13.1 Å². The molecule has 1 N–H and O–H groups in total. The number of methoxy groups -OCH3 is 1. The molecule has 1 fully saturated rings. The van der Waals surface area contributed by atoms with Crippen LogP contribution in [0.25, 0.3) is 0 Å². The van der Waals surface area contributed by atoms with Crippen LogP contribution in [0.1, 0.15) is 34.7 Å². The SMILES string of the molecule is COc1c(C(=O)NC2CC(c3ccccc3F)C2)cnn1C. The van der Waals surface area contributed by atoms with Gasteiger partial charge in [-0.2, -0.15) is 5.10 Å². The first-order valence-corrected chi connectivity index (χ1v) is 7.21. The number of aromatic nitrogens is 2. The lowest BCUT2D eigenvalue weighted by Gasteiger charge is -2.36. The number of rotatable bonds is 4. The van der Waals surface area contributed by atoms with Crippen molar-refractivity contribution in [3.05, 3.63) is 47.4 Å². The van der Waals surface area contributed by atoms with Gasteiger partial charge in [-0.15, -0.1) is 0 Å². The zero-order valence-electron chi connectivity index (χ0n) is 12.5. The van der Waals surface area contributed by atoms with Gasteiger partial charge in [0.15, 0.2) is 0 Å². The standard InChI is InChI=1S/C16H18FN3O2/c1-20-16(22-2)13(9-18-20)15(21)19-11-7-10(8-11)12-5-3-4-6-14(12)17/h3-6,9-11H,7-8H2,1-2H3,(H,19,21). The highest BCUT2D eigenvalue weighted by Crippen LogP contribution is 2.38. The van der Waals surface area contributed by atoms with Crippen molar-refractivity contribution in [1.29, 1.82) is 0 Å². The van der Waals surface area contributed by atoms with Crippen molar-refractivity contribution in [1.82, 2.24) is 15.1 Å². The third-order valence-electron chi connectivity index (χ3n) is 4.14. The number of carbonyl (C=O) groups excluding carboxylic acids is 1. The molecule has 0 atom stereocenters. The fourth-order valence-electron chi connectivity index (χ4n) is 2.88. The summed E-state index contributed by atoms with van der Waals surface area (Å²) in [6.07, 6.45) is 2.98. The third-order valence-corrected chi connectivity index (χ3v) is 4.14. The summed E-state index contributed by atoms with van der Waals surface area (Å²) in [5, 5.41) is 6.96. The maximum absolute atomic E-state index is 13.7. The van der Waals surface area contributed by atoms with Crippen LogP contribution in [0.4, 0.5) is 4.39 Å². The van der Waals surface area contributed by atoms with Crippen LogP contribution < -0.4 is 10.1 Å². The molecule has 22 heavy (non-hydrogen) atoms. The Kier molecular flexibility index (Phi) is 3.83. The van der Waals surface area contributed by atoms with Crippen molar-refractivity contribution in [3.8, 4) is 5.88 Å². The van der Waals surface area contributed by atoms with Gasteiger partial charge in [0.25, 0.3) is 5.91 Å². The molecule has 1 heterocycles. The molecule has 1 amide bonds. The summed E-state index contributed by atoms with van der Waals surface area (Å²) < 4.78 is 20.4. The van der Waals surface area contributed by atoms with Crippen molar-refractivity contribution < 1.29 is 13.9 Å². The smallest absolute Gasteiger partial charge is 0.258 e. The Hall–Kier alpha value is -2.37. The topological polar surface area (TPSA) is 56.1 Å². The molecule has 0 bridgehead atoms. The molecule has 0 spiro atoms. The van der Waals surface area contributed by atoms with Crippen molar-refractivity contribution in [3.63, 3.8) is 0 Å². The van der Waals surface area contributed by atoms with E-state index in [1.54, 1.807) is 13.1 Å². The van der Waals surface area contributed by atoms with Crippen LogP contribution in [0, 0.1) is 5.82 Å². The number of nitrogens with one attached hydrogen (secondary N) is 1. The van der Waals surface area contributed by atoms with E-state index in [1.807, 2.05) is 12.1 Å². The minimum atomic E-state index is -0.207. The number of nitrogens with zero attached hydrogens (tertiary/aromatic N) is 2. The lowest BCUT2D eigenvalue weighted by atomic mass is 9.75. The van der Waals surface area contributed by atoms with Gasteiger partial charge in [-0.1, -0.05) is 18.2 Å². The van der Waals surface area contributed by atoms with E-state index in [1.165, 1.54) is 24.1 Å². The van der Waals surface area contributed by atoms with E-state index in [0.717, 1.165) is 18.4 Å². The van der Waals surface area contributed by atoms with Gasteiger partial charge in [-0.05, 0) is 30.4 Å². The molecule has 2 aromatic rings. The van der Waals surface area contributed by atoms with Crippen LogP contribution in [0.15, 0.2) is 30.5 Å². The van der Waals surface area contributed by atoms with Crippen molar-refractivity contribution >= 4 is 5.91 Å². The molecule has 5 nitrogen and oxygen atoms in total. The second-order valence-electron chi connectivity index (χ2n) is 5.55. The van der Waals surface area contributed by atoms with E-state index < -0.39 is 0 Å². The van der Waals surface area contributed by atoms with Crippen LogP contribution in [0.3, 0.4) is 0 Å². The monoisotopic (exact) mass is 303 g/mol. The first-order valence-electron chi connectivity index (χ1n) is 7.21. The molecule has 0 aliphatic heterocycles. The van der Waals surface area contributed by atoms with E-state index >= 15 is 0 Å². The Morgan fingerprint density at radius 2 is 2.14 bits per heavy atom. The van der Waals surface area contributed by atoms with Crippen LogP contribution in [-0.2, 0) is 7.05 Å². The summed E-state index contributed by atoms with van der Waals surface area (Å²) in [4.78, 5) is 12.2. The molecule has 3 rings (SSSR count). The van der Waals surface area contributed by atoms with Gasteiger partial charge in [-0.25, -0.2) is 9.07 Å². The summed E-state index contributed by atoms with van der Waals surface area (Å²) in [7, 11) is 3.22. The summed E-state index contributed by atoms with van der Waals surface area (Å²) in [5.74, 6) is 0.220. The van der Waals surface area contributed by atoms with Crippen molar-refractivity contribution in [2.45, 2.75) is 24.8 Å². The number of ether oxygens (including phenoxy) is 1. The molecular formula is C16H18FN3O2. The van der Waals surface area contributed by atoms with E-state index in [2.05, 4.69) is 10.4 Å². The molecule has 0 saturated heterocycles. The quantitative estimate of drug-likeness (QED) is 0.942. The van der Waals surface area contributed by atoms with E-state index in [0.29, 0.717) is 11.4 Å². The highest BCUT2D eigenvalue weighted by molar-refractivity contribution is 5.96. The summed E-state index contributed by atoms with van der Waals surface area (Å²) in [6.45, 7) is 0. The zero-order chi connectivity index (χ0) is 15.7. The summed E-state index contributed by atoms with van der Waals surface area (Å²) >= 11 is 0. The van der Waals surface area contributed by atoms with E-state index in [-0.39, 0.29) is 23.7 Å². The Morgan fingerprint density at radius 3 is 2.82 bits per heavy atom. The predicted molar refractivity (Wildman–Crippen MR) is 79.4 cm³/mol. The normalized spacial score (nSPS) is 20.3. The van der Waals surface area contributed by atoms with Gasteiger partial charge in [0.2, 0.25) is 5.88 Å². The molecule has 1 aromatic carbocycles. The minimum Gasteiger partial charge on any atom is -0.481 e. The molecule has 1 aromatic heterocycles. The molecule has 0 unspecified atom stereocenters. The van der Waals surface area contributed by atoms with Crippen LogP contribution in [0.5, 0.6) is 5.88 Å². The van der Waals surface area contributed by atoms with E-state index in [4.69, 9.17) is 4.74 Å². The van der Waals surface area contributed by atoms with Crippen LogP contribution in [0.2, 0.25) is 0 Å². The van der Waals surface area contributed by atoms with Gasteiger partial charge >= 0.3 is 0 Å². The average Bonchev–Trinajstić information content (AvgIpc) is 2.84. The molecule has 1 saturated carbocycles. The zero-order valence-corrected chi connectivity index (χ0v) is 12.5. The first-order chi connectivity index (χ1) is 10.6. The predicted octanol–water partition coefficient (Wildman–Crippen LogP) is 2.24. The largest absolute Gasteiger partial charge is 0.481 e. The summed E-state index contributed by atoms with van der Waals surface area (Å²) in [5.41, 5.74) is 1.14. The lowest BCUT2D eigenvalue weighted by Crippen LogP contribution is -2.43. The number of carbonyl (C=O) groups is 1. The minimum absolute atomic E-state index is 0.0574. The molecule has 1 aliphatic carbocycles. The second kappa shape index (κ2) is 5.79. The lowest BCUT2D eigenvalue weighted by molar-refractivity contribution is 0.0905. The number of halogens is 1. The highest BCUT2D eigenvalue weighted by atomic mass is 19.1. The Labute approximate surface area is 128 Å². The summed E-state index contributed by atoms with van der Waals surface area (Å²) in [6, 6.07) is 6.86. The number of aryl methyl sites for hydroxylation is 1. The molecule has 1 aliphatic rings. The fourth-order valence-corrected chi connectivity index (χ4v) is 2.88. The molecular weight excluding hydrogens is 285 g/mol. The molecule has 116 valence electrons. The van der Waals surface area contributed by atoms with Crippen molar-refractivity contribution in [2.75, 3.05) is 7.11 Å². The average molecular weight is 303 g/mol. The molecule has 6 heteroatoms. The Morgan fingerprint density at radius 1 is 1.41 bits per heavy atom. The van der Waals surface area contributed by atoms with Gasteiger partial charge in [-0.3, -0.25) is 4.79 Å². The second-order valence-corrected chi connectivity index (χ2v) is 5.55. The maximum atomic E-state index is 13.7. The Bertz CT molecular complexity index is 692. The molecule has 0 radical (unpaired) electrons. The van der Waals surface area contributed by atoms with Crippen molar-refractivity contribution in [2.24, 2.45) is 7.05 Å². The van der Waals surface area contributed by atoms with Crippen LogP contribution >= 0.6 is 0 Å². The number of amides is 1. The maximum Gasteiger partial charge on any atom is 0.258 e. The highest BCUT2D eigenvalue weighted by Gasteiger charge is 2.33. The van der Waals surface area contributed by atoms with Gasteiger partial charge in [0.1, 0.15) is 11.4 Å². The number of hydrogen-bond donors (Lipinski definition) is 1. The number of hydrogen-bond acceptors (Lipinski definition) is 3.